The average molecular weight is 407 g/mol. The van der Waals surface area contributed by atoms with E-state index in [9.17, 15) is 14.0 Å². The lowest BCUT2D eigenvalue weighted by molar-refractivity contribution is -0.128. The third kappa shape index (κ3) is 3.23. The Hall–Kier alpha value is -3.32. The molecule has 2 aromatic carbocycles. The van der Waals surface area contributed by atoms with E-state index in [0.29, 0.717) is 12.1 Å². The van der Waals surface area contributed by atoms with E-state index in [0.717, 1.165) is 22.2 Å². The van der Waals surface area contributed by atoms with Crippen LogP contribution in [0.4, 0.5) is 4.39 Å². The Morgan fingerprint density at radius 2 is 1.79 bits per heavy atom. The third-order valence-electron chi connectivity index (χ3n) is 5.16. The van der Waals surface area contributed by atoms with E-state index in [1.807, 2.05) is 35.8 Å². The van der Waals surface area contributed by atoms with Crippen LogP contribution in [0.2, 0.25) is 0 Å². The molecular weight excluding hydrogens is 389 g/mol. The van der Waals surface area contributed by atoms with Crippen molar-refractivity contribution >= 4 is 46.1 Å². The molecule has 0 spiro atoms. The monoisotopic (exact) mass is 407 g/mol. The van der Waals surface area contributed by atoms with E-state index in [1.165, 1.54) is 18.0 Å². The molecule has 0 radical (unpaired) electrons. The van der Waals surface area contributed by atoms with Gasteiger partial charge in [0.25, 0.3) is 11.8 Å². The van der Waals surface area contributed by atoms with Crippen LogP contribution < -0.4 is 5.32 Å². The minimum Gasteiger partial charge on any atom is -0.340 e. The SMILES string of the molecule is Cc1c(C=C2C(=O)NC(=S)N(C)C2=O)c2ccccc2n1Cc1ccccc1F. The van der Waals surface area contributed by atoms with Crippen LogP contribution >= 0.6 is 12.2 Å². The molecule has 1 saturated heterocycles. The second-order valence-electron chi connectivity index (χ2n) is 6.88. The predicted molar refractivity (Wildman–Crippen MR) is 114 cm³/mol. The lowest BCUT2D eigenvalue weighted by atomic mass is 10.1. The van der Waals surface area contributed by atoms with Crippen LogP contribution in [0, 0.1) is 12.7 Å². The first-order valence-corrected chi connectivity index (χ1v) is 9.45. The molecule has 4 rings (SSSR count). The number of likely N-dealkylation sites (N-methyl/N-ethyl adjacent to an activating group) is 1. The van der Waals surface area contributed by atoms with Gasteiger partial charge in [0.05, 0.1) is 6.54 Å². The Bertz CT molecular complexity index is 1210. The second kappa shape index (κ2) is 7.25. The molecule has 1 aliphatic heterocycles. The van der Waals surface area contributed by atoms with Gasteiger partial charge in [0.15, 0.2) is 5.11 Å². The second-order valence-corrected chi connectivity index (χ2v) is 7.26. The van der Waals surface area contributed by atoms with Gasteiger partial charge in [0.1, 0.15) is 11.4 Å². The van der Waals surface area contributed by atoms with Crippen LogP contribution in [-0.4, -0.2) is 33.4 Å². The number of fused-ring (bicyclic) bond motifs is 1. The van der Waals surface area contributed by atoms with Gasteiger partial charge < -0.3 is 4.57 Å². The number of rotatable bonds is 3. The topological polar surface area (TPSA) is 54.3 Å². The summed E-state index contributed by atoms with van der Waals surface area (Å²) in [5, 5.41) is 3.48. The number of thiocarbonyl (C=S) groups is 1. The van der Waals surface area contributed by atoms with Crippen molar-refractivity contribution < 1.29 is 14.0 Å². The molecule has 0 bridgehead atoms. The highest BCUT2D eigenvalue weighted by Gasteiger charge is 2.31. The lowest BCUT2D eigenvalue weighted by Gasteiger charge is -2.25. The van der Waals surface area contributed by atoms with Crippen molar-refractivity contribution in [2.24, 2.45) is 0 Å². The molecule has 1 aromatic heterocycles. The van der Waals surface area contributed by atoms with E-state index in [4.69, 9.17) is 12.2 Å². The fraction of sp³-hybridized carbons (Fsp3) is 0.136. The zero-order chi connectivity index (χ0) is 20.7. The molecule has 146 valence electrons. The molecule has 29 heavy (non-hydrogen) atoms. The van der Waals surface area contributed by atoms with Crippen molar-refractivity contribution in [2.75, 3.05) is 7.05 Å². The molecule has 1 aliphatic rings. The van der Waals surface area contributed by atoms with Crippen molar-refractivity contribution in [1.82, 2.24) is 14.8 Å². The first-order valence-electron chi connectivity index (χ1n) is 9.04. The summed E-state index contributed by atoms with van der Waals surface area (Å²) in [7, 11) is 1.52. The Labute approximate surface area is 172 Å². The molecule has 0 unspecified atom stereocenters. The number of carbonyl (C=O) groups is 2. The minimum absolute atomic E-state index is 0.0120. The number of nitrogens with zero attached hydrogens (tertiary/aromatic N) is 2. The number of halogens is 1. The molecule has 7 heteroatoms. The van der Waals surface area contributed by atoms with Crippen LogP contribution in [0.15, 0.2) is 54.1 Å². The summed E-state index contributed by atoms with van der Waals surface area (Å²) in [5.74, 6) is -1.26. The number of hydrogen-bond donors (Lipinski definition) is 1. The van der Waals surface area contributed by atoms with Gasteiger partial charge in [-0.05, 0) is 37.4 Å². The summed E-state index contributed by atoms with van der Waals surface area (Å²) in [6, 6.07) is 14.3. The maximum atomic E-state index is 14.2. The van der Waals surface area contributed by atoms with Crippen molar-refractivity contribution in [3.8, 4) is 0 Å². The lowest BCUT2D eigenvalue weighted by Crippen LogP contribution is -2.52. The largest absolute Gasteiger partial charge is 0.340 e. The standard InChI is InChI=1S/C22H18FN3O2S/c1-13-16(11-17-20(27)24-22(29)25(2)21(17)28)15-8-4-6-10-19(15)26(13)12-14-7-3-5-9-18(14)23/h3-11H,12H2,1-2H3,(H,24,27,29). The number of para-hydroxylation sites is 1. The van der Waals surface area contributed by atoms with Gasteiger partial charge in [-0.15, -0.1) is 0 Å². The number of aromatic nitrogens is 1. The quantitative estimate of drug-likeness (QED) is 0.411. The van der Waals surface area contributed by atoms with Crippen molar-refractivity contribution in [2.45, 2.75) is 13.5 Å². The molecule has 0 aliphatic carbocycles. The first kappa shape index (κ1) is 19.0. The van der Waals surface area contributed by atoms with Gasteiger partial charge in [-0.25, -0.2) is 4.39 Å². The fourth-order valence-electron chi connectivity index (χ4n) is 3.53. The fourth-order valence-corrected chi connectivity index (χ4v) is 3.71. The molecule has 2 heterocycles. The number of amides is 2. The molecular formula is C22H18FN3O2S. The van der Waals surface area contributed by atoms with Crippen LogP contribution in [0.1, 0.15) is 16.8 Å². The van der Waals surface area contributed by atoms with Crippen molar-refractivity contribution in [3.05, 3.63) is 76.7 Å². The highest BCUT2D eigenvalue weighted by atomic mass is 32.1. The summed E-state index contributed by atoms with van der Waals surface area (Å²) in [6.07, 6.45) is 1.59. The van der Waals surface area contributed by atoms with E-state index >= 15 is 0 Å². The molecule has 0 atom stereocenters. The maximum absolute atomic E-state index is 14.2. The Morgan fingerprint density at radius 3 is 2.55 bits per heavy atom. The van der Waals surface area contributed by atoms with Crippen LogP contribution in [0.3, 0.4) is 0 Å². The Kier molecular flexibility index (Phi) is 4.76. The van der Waals surface area contributed by atoms with Gasteiger partial charge in [-0.2, -0.15) is 0 Å². The van der Waals surface area contributed by atoms with Gasteiger partial charge in [-0.1, -0.05) is 36.4 Å². The van der Waals surface area contributed by atoms with E-state index < -0.39 is 11.8 Å². The van der Waals surface area contributed by atoms with E-state index in [-0.39, 0.29) is 16.5 Å². The minimum atomic E-state index is -0.525. The van der Waals surface area contributed by atoms with Crippen molar-refractivity contribution in [3.63, 3.8) is 0 Å². The van der Waals surface area contributed by atoms with Crippen LogP contribution in [-0.2, 0) is 16.1 Å². The van der Waals surface area contributed by atoms with Gasteiger partial charge >= 0.3 is 0 Å². The Balaban J connectivity index is 1.87. The van der Waals surface area contributed by atoms with Gasteiger partial charge in [0, 0.05) is 34.8 Å². The van der Waals surface area contributed by atoms with E-state index in [1.54, 1.807) is 24.3 Å². The molecule has 1 N–H and O–H groups in total. The van der Waals surface area contributed by atoms with Crippen molar-refractivity contribution in [1.29, 1.82) is 0 Å². The highest BCUT2D eigenvalue weighted by Crippen LogP contribution is 2.29. The number of hydrogen-bond acceptors (Lipinski definition) is 3. The number of nitrogens with one attached hydrogen (secondary N) is 1. The van der Waals surface area contributed by atoms with E-state index in [2.05, 4.69) is 5.32 Å². The van der Waals surface area contributed by atoms with Gasteiger partial charge in [-0.3, -0.25) is 19.8 Å². The maximum Gasteiger partial charge on any atom is 0.265 e. The first-order chi connectivity index (χ1) is 13.9. The molecule has 2 amide bonds. The zero-order valence-corrected chi connectivity index (χ0v) is 16.7. The summed E-state index contributed by atoms with van der Waals surface area (Å²) < 4.78 is 16.2. The van der Waals surface area contributed by atoms with Crippen LogP contribution in [0.25, 0.3) is 17.0 Å². The number of benzene rings is 2. The summed E-state index contributed by atoms with van der Waals surface area (Å²) >= 11 is 5.00. The smallest absolute Gasteiger partial charge is 0.265 e. The number of carbonyl (C=O) groups excluding carboxylic acids is 2. The Morgan fingerprint density at radius 1 is 1.10 bits per heavy atom. The zero-order valence-electron chi connectivity index (χ0n) is 15.9. The molecule has 5 nitrogen and oxygen atoms in total. The average Bonchev–Trinajstić information content (AvgIpc) is 2.97. The molecule has 1 fully saturated rings. The summed E-state index contributed by atoms with van der Waals surface area (Å²) in [4.78, 5) is 26.2. The third-order valence-corrected chi connectivity index (χ3v) is 5.54. The summed E-state index contributed by atoms with van der Waals surface area (Å²) in [5.41, 5.74) is 3.05. The van der Waals surface area contributed by atoms with Gasteiger partial charge in [0.2, 0.25) is 0 Å². The highest BCUT2D eigenvalue weighted by molar-refractivity contribution is 7.80. The normalized spacial score (nSPS) is 16.0. The summed E-state index contributed by atoms with van der Waals surface area (Å²) in [6.45, 7) is 2.24. The van der Waals surface area contributed by atoms with Crippen LogP contribution in [0.5, 0.6) is 0 Å². The predicted octanol–water partition coefficient (Wildman–Crippen LogP) is 3.39. The molecule has 0 saturated carbocycles. The molecule has 3 aromatic rings.